The number of allylic oxidation sites excluding steroid dienone is 2. The Bertz CT molecular complexity index is 912. The van der Waals surface area contributed by atoms with Crippen molar-refractivity contribution in [3.05, 3.63) is 95.1 Å². The molecule has 0 aliphatic carbocycles. The first-order chi connectivity index (χ1) is 17.2. The van der Waals surface area contributed by atoms with E-state index in [4.69, 9.17) is 0 Å². The minimum atomic E-state index is -0.200. The number of hydrogen-bond donors (Lipinski definition) is 0. The molecule has 7 heteroatoms. The summed E-state index contributed by atoms with van der Waals surface area (Å²) in [6.07, 6.45) is 6.25. The zero-order valence-corrected chi connectivity index (χ0v) is 31.4. The Morgan fingerprint density at radius 2 is 0.707 bits per heavy atom. The molecule has 0 aliphatic heterocycles. The number of rotatable bonds is 6. The molecule has 0 fully saturated rings. The van der Waals surface area contributed by atoms with Crippen molar-refractivity contribution in [1.29, 1.82) is 0 Å². The van der Waals surface area contributed by atoms with Gasteiger partial charge in [-0.2, -0.15) is 0 Å². The molecule has 0 bridgehead atoms. The van der Waals surface area contributed by atoms with E-state index in [1.165, 1.54) is 24.3 Å². The quantitative estimate of drug-likeness (QED) is 0.261. The Labute approximate surface area is 276 Å². The molecule has 236 valence electrons. The van der Waals surface area contributed by atoms with Crippen molar-refractivity contribution in [1.82, 2.24) is 0 Å². The molecule has 41 heavy (non-hydrogen) atoms. The van der Waals surface area contributed by atoms with Gasteiger partial charge in [0.1, 0.15) is 11.6 Å². The summed E-state index contributed by atoms with van der Waals surface area (Å²) < 4.78 is 25.7. The summed E-state index contributed by atoms with van der Waals surface area (Å²) >= 11 is 0. The van der Waals surface area contributed by atoms with E-state index in [0.717, 1.165) is 24.0 Å². The molecule has 0 saturated carbocycles. The van der Waals surface area contributed by atoms with Crippen molar-refractivity contribution in [2.24, 2.45) is 0 Å². The van der Waals surface area contributed by atoms with E-state index in [1.807, 2.05) is 24.3 Å². The minimum Gasteiger partial charge on any atom is -1.00 e. The third-order valence-electron chi connectivity index (χ3n) is 5.93. The van der Waals surface area contributed by atoms with Gasteiger partial charge in [0.2, 0.25) is 0 Å². The molecular weight excluding hydrogens is 638 g/mol. The fraction of sp³-hybridized carbons (Fsp3) is 0.529. The standard InChI is InChI=1S/2C17H26FP.2ClH.Ni/c2*1-16(2,3)19(17(4,5)6)13-7-8-14-9-11-15(18)12-10-14;;;/h2*7,9-13H,8H2,1-6H3;2*1H;/q;;;;+2/p-2. The molecule has 0 saturated heterocycles. The maximum Gasteiger partial charge on any atom is 2.00 e. The van der Waals surface area contributed by atoms with Crippen LogP contribution >= 0.6 is 15.8 Å². The van der Waals surface area contributed by atoms with Gasteiger partial charge in [0.05, 0.1) is 0 Å². The Balaban J connectivity index is -0.000000656. The number of benzene rings is 2. The molecule has 0 radical (unpaired) electrons. The molecule has 2 aromatic rings. The molecule has 0 spiro atoms. The van der Waals surface area contributed by atoms with Crippen molar-refractivity contribution in [2.45, 2.75) is 117 Å². The van der Waals surface area contributed by atoms with Crippen molar-refractivity contribution in [2.75, 3.05) is 0 Å². The van der Waals surface area contributed by atoms with Crippen LogP contribution < -0.4 is 24.8 Å². The maximum absolute atomic E-state index is 12.8. The normalized spacial score (nSPS) is 12.5. The number of halogens is 4. The summed E-state index contributed by atoms with van der Waals surface area (Å²) in [6, 6.07) is 13.5. The van der Waals surface area contributed by atoms with Gasteiger partial charge < -0.3 is 24.8 Å². The van der Waals surface area contributed by atoms with Crippen LogP contribution in [-0.4, -0.2) is 20.6 Å². The van der Waals surface area contributed by atoms with Gasteiger partial charge in [-0.3, -0.25) is 0 Å². The van der Waals surface area contributed by atoms with Crippen molar-refractivity contribution in [3.8, 4) is 0 Å². The van der Waals surface area contributed by atoms with Gasteiger partial charge in [-0.05, 0) is 68.9 Å². The Morgan fingerprint density at radius 1 is 0.488 bits per heavy atom. The van der Waals surface area contributed by atoms with E-state index in [1.54, 1.807) is 0 Å². The van der Waals surface area contributed by atoms with Crippen molar-refractivity contribution in [3.63, 3.8) is 0 Å². The molecule has 0 amide bonds. The average molecular weight is 690 g/mol. The zero-order valence-electron chi connectivity index (χ0n) is 27.1. The third kappa shape index (κ3) is 18.2. The van der Waals surface area contributed by atoms with Crippen LogP contribution in [0.15, 0.2) is 72.3 Å². The summed E-state index contributed by atoms with van der Waals surface area (Å²) in [5.41, 5.74) is 2.32. The Kier molecular flexibility index (Phi) is 21.1. The van der Waals surface area contributed by atoms with Gasteiger partial charge in [-0.25, -0.2) is 8.78 Å². The first-order valence-electron chi connectivity index (χ1n) is 13.6. The SMILES string of the molecule is CC(C)(C)P(C=CCc1ccc(F)cc1)C(C)(C)C.CC(C)(C)P(C=CCc1ccc(F)cc1)C(C)(C)C.[Cl-].[Cl-].[Ni+2]. The minimum absolute atomic E-state index is 0. The molecule has 2 aromatic carbocycles. The fourth-order valence-corrected chi connectivity index (χ4v) is 11.2. The second-order valence-electron chi connectivity index (χ2n) is 13.9. The first kappa shape index (κ1) is 45.1. The summed E-state index contributed by atoms with van der Waals surface area (Å²) in [5.74, 6) is 4.44. The van der Waals surface area contributed by atoms with Gasteiger partial charge in [0, 0.05) is 0 Å². The van der Waals surface area contributed by atoms with Crippen LogP contribution in [0.4, 0.5) is 8.78 Å². The smallest absolute Gasteiger partial charge is 1.00 e. The Morgan fingerprint density at radius 3 is 0.902 bits per heavy atom. The summed E-state index contributed by atoms with van der Waals surface area (Å²) in [6.45, 7) is 27.7. The van der Waals surface area contributed by atoms with Gasteiger partial charge in [-0.1, -0.05) is 147 Å². The summed E-state index contributed by atoms with van der Waals surface area (Å²) in [4.78, 5) is 0. The Hall–Kier alpha value is -0.286. The molecule has 0 atom stereocenters. The maximum atomic E-state index is 12.8. The average Bonchev–Trinajstić information content (AvgIpc) is 2.73. The summed E-state index contributed by atoms with van der Waals surface area (Å²) in [5, 5.41) is 1.25. The van der Waals surface area contributed by atoms with Crippen molar-refractivity contribution < 1.29 is 50.1 Å². The van der Waals surface area contributed by atoms with Crippen molar-refractivity contribution >= 4 is 15.8 Å². The topological polar surface area (TPSA) is 0 Å². The van der Waals surface area contributed by atoms with E-state index in [9.17, 15) is 8.78 Å². The van der Waals surface area contributed by atoms with Gasteiger partial charge in [0.25, 0.3) is 0 Å². The van der Waals surface area contributed by atoms with Crippen LogP contribution in [0, 0.1) is 11.6 Å². The molecule has 0 heterocycles. The molecule has 0 unspecified atom stereocenters. The zero-order chi connectivity index (χ0) is 29.4. The van der Waals surface area contributed by atoms with Crippen LogP contribution in [0.3, 0.4) is 0 Å². The predicted molar refractivity (Wildman–Crippen MR) is 171 cm³/mol. The molecule has 2 rings (SSSR count). The molecule has 0 N–H and O–H groups in total. The third-order valence-corrected chi connectivity index (χ3v) is 12.7. The van der Waals surface area contributed by atoms with E-state index in [0.29, 0.717) is 20.6 Å². The van der Waals surface area contributed by atoms with E-state index in [-0.39, 0.29) is 68.8 Å². The van der Waals surface area contributed by atoms with Crippen LogP contribution in [0.25, 0.3) is 0 Å². The second kappa shape index (κ2) is 19.2. The summed E-state index contributed by atoms with van der Waals surface area (Å²) in [7, 11) is -0.400. The van der Waals surface area contributed by atoms with Crippen LogP contribution in [0.1, 0.15) is 94.2 Å². The van der Waals surface area contributed by atoms with Crippen LogP contribution in [0.2, 0.25) is 0 Å². The second-order valence-corrected chi connectivity index (χ2v) is 21.3. The fourth-order valence-electron chi connectivity index (χ4n) is 4.74. The van der Waals surface area contributed by atoms with Gasteiger partial charge in [0.15, 0.2) is 0 Å². The van der Waals surface area contributed by atoms with Gasteiger partial charge >= 0.3 is 16.5 Å². The molecule has 0 nitrogen and oxygen atoms in total. The first-order valence-corrected chi connectivity index (χ1v) is 16.4. The van der Waals surface area contributed by atoms with E-state index >= 15 is 0 Å². The molecule has 0 aromatic heterocycles. The number of hydrogen-bond acceptors (Lipinski definition) is 0. The van der Waals surface area contributed by atoms with Crippen LogP contribution in [-0.2, 0) is 29.3 Å². The molecule has 0 aliphatic rings. The van der Waals surface area contributed by atoms with Crippen LogP contribution in [0.5, 0.6) is 0 Å². The van der Waals surface area contributed by atoms with E-state index < -0.39 is 0 Å². The monoisotopic (exact) mass is 688 g/mol. The largest absolute Gasteiger partial charge is 2.00 e. The predicted octanol–water partition coefficient (Wildman–Crippen LogP) is 5.93. The van der Waals surface area contributed by atoms with Gasteiger partial charge in [-0.15, -0.1) is 0 Å². The van der Waals surface area contributed by atoms with E-state index in [2.05, 4.69) is 107 Å². The molecular formula is C34H52Cl2F2NiP2.